The van der Waals surface area contributed by atoms with Gasteiger partial charge in [-0.1, -0.05) is 15.9 Å². The van der Waals surface area contributed by atoms with Gasteiger partial charge in [0.15, 0.2) is 0 Å². The first kappa shape index (κ1) is 11.7. The molecule has 0 atom stereocenters. The summed E-state index contributed by atoms with van der Waals surface area (Å²) in [6, 6.07) is 0. The van der Waals surface area contributed by atoms with E-state index >= 15 is 0 Å². The number of aromatic amines is 2. The number of aromatic nitrogens is 2. The standard InChI is InChI=1S/C8H9BrN2O4/c1-2-15-7(13)5-4(3-9)6(12)11-8(14)10-5/h2-3H2,1H3,(H2,10,11,12,14). The molecule has 0 aliphatic carbocycles. The second-order valence-electron chi connectivity index (χ2n) is 2.62. The highest BCUT2D eigenvalue weighted by Gasteiger charge is 2.16. The highest BCUT2D eigenvalue weighted by Crippen LogP contribution is 2.04. The lowest BCUT2D eigenvalue weighted by Crippen LogP contribution is -2.30. The number of rotatable bonds is 3. The van der Waals surface area contributed by atoms with Crippen molar-refractivity contribution < 1.29 is 9.53 Å². The Morgan fingerprint density at radius 1 is 1.40 bits per heavy atom. The molecule has 0 radical (unpaired) electrons. The number of halogens is 1. The molecule has 1 aromatic heterocycles. The van der Waals surface area contributed by atoms with Crippen molar-refractivity contribution in [1.82, 2.24) is 9.97 Å². The Morgan fingerprint density at radius 3 is 2.60 bits per heavy atom. The minimum atomic E-state index is -0.729. The van der Waals surface area contributed by atoms with Crippen molar-refractivity contribution in [1.29, 1.82) is 0 Å². The van der Waals surface area contributed by atoms with Crippen LogP contribution in [0.15, 0.2) is 9.59 Å². The van der Waals surface area contributed by atoms with Crippen molar-refractivity contribution in [3.63, 3.8) is 0 Å². The molecule has 0 fully saturated rings. The first-order valence-corrected chi connectivity index (χ1v) is 5.30. The van der Waals surface area contributed by atoms with E-state index in [0.29, 0.717) is 0 Å². The lowest BCUT2D eigenvalue weighted by molar-refractivity contribution is 0.0517. The topological polar surface area (TPSA) is 92.0 Å². The van der Waals surface area contributed by atoms with Gasteiger partial charge in [0, 0.05) is 5.33 Å². The van der Waals surface area contributed by atoms with E-state index in [4.69, 9.17) is 4.74 Å². The summed E-state index contributed by atoms with van der Waals surface area (Å²) in [5.41, 5.74) is -1.29. The van der Waals surface area contributed by atoms with Gasteiger partial charge in [-0.25, -0.2) is 9.59 Å². The number of alkyl halides is 1. The van der Waals surface area contributed by atoms with Gasteiger partial charge in [0.1, 0.15) is 5.69 Å². The molecule has 0 spiro atoms. The zero-order valence-electron chi connectivity index (χ0n) is 7.93. The summed E-state index contributed by atoms with van der Waals surface area (Å²) in [7, 11) is 0. The first-order valence-electron chi connectivity index (χ1n) is 4.18. The maximum absolute atomic E-state index is 11.4. The molecular formula is C8H9BrN2O4. The van der Waals surface area contributed by atoms with Crippen molar-refractivity contribution in [3.05, 3.63) is 32.1 Å². The summed E-state index contributed by atoms with van der Waals surface area (Å²) in [5.74, 6) is -0.713. The Balaban J connectivity index is 3.32. The lowest BCUT2D eigenvalue weighted by atomic mass is 10.2. The maximum Gasteiger partial charge on any atom is 0.355 e. The van der Waals surface area contributed by atoms with Crippen molar-refractivity contribution in [2.45, 2.75) is 12.3 Å². The molecule has 0 amide bonds. The van der Waals surface area contributed by atoms with Crippen LogP contribution < -0.4 is 11.2 Å². The molecule has 7 heteroatoms. The number of nitrogens with one attached hydrogen (secondary N) is 2. The third-order valence-electron chi connectivity index (χ3n) is 1.65. The minimum absolute atomic E-state index is 0.109. The van der Waals surface area contributed by atoms with Crippen LogP contribution in [0.4, 0.5) is 0 Å². The van der Waals surface area contributed by atoms with E-state index in [1.165, 1.54) is 0 Å². The number of hydrogen-bond acceptors (Lipinski definition) is 4. The molecule has 6 nitrogen and oxygen atoms in total. The van der Waals surface area contributed by atoms with Gasteiger partial charge in [-0.05, 0) is 6.92 Å². The molecule has 0 aromatic carbocycles. The second kappa shape index (κ2) is 4.92. The predicted octanol–water partition coefficient (Wildman–Crippen LogP) is 0.135. The van der Waals surface area contributed by atoms with Gasteiger partial charge in [0.25, 0.3) is 5.56 Å². The van der Waals surface area contributed by atoms with Crippen molar-refractivity contribution >= 4 is 21.9 Å². The van der Waals surface area contributed by atoms with Gasteiger partial charge in [0.05, 0.1) is 12.2 Å². The van der Waals surface area contributed by atoms with Crippen LogP contribution in [0.5, 0.6) is 0 Å². The Kier molecular flexibility index (Phi) is 3.84. The van der Waals surface area contributed by atoms with E-state index in [0.717, 1.165) is 0 Å². The van der Waals surface area contributed by atoms with E-state index in [-0.39, 0.29) is 23.2 Å². The Bertz CT molecular complexity index is 476. The van der Waals surface area contributed by atoms with Crippen LogP contribution in [0, 0.1) is 0 Å². The van der Waals surface area contributed by atoms with Crippen molar-refractivity contribution in [2.24, 2.45) is 0 Å². The SMILES string of the molecule is CCOC(=O)c1[nH]c(=O)[nH]c(=O)c1CBr. The van der Waals surface area contributed by atoms with Crippen LogP contribution in [0.25, 0.3) is 0 Å². The third-order valence-corrected chi connectivity index (χ3v) is 2.22. The van der Waals surface area contributed by atoms with Gasteiger partial charge in [0.2, 0.25) is 0 Å². The fraction of sp³-hybridized carbons (Fsp3) is 0.375. The zero-order chi connectivity index (χ0) is 11.4. The van der Waals surface area contributed by atoms with E-state index in [9.17, 15) is 14.4 Å². The van der Waals surface area contributed by atoms with Crippen LogP contribution in [-0.2, 0) is 10.1 Å². The minimum Gasteiger partial charge on any atom is -0.461 e. The molecule has 0 bridgehead atoms. The van der Waals surface area contributed by atoms with E-state index in [1.54, 1.807) is 6.92 Å². The van der Waals surface area contributed by atoms with Gasteiger partial charge >= 0.3 is 11.7 Å². The number of ether oxygens (including phenoxy) is 1. The van der Waals surface area contributed by atoms with Crippen LogP contribution in [0.3, 0.4) is 0 Å². The number of hydrogen-bond donors (Lipinski definition) is 2. The molecule has 15 heavy (non-hydrogen) atoms. The van der Waals surface area contributed by atoms with E-state index in [1.807, 2.05) is 4.98 Å². The van der Waals surface area contributed by atoms with Gasteiger partial charge in [-0.15, -0.1) is 0 Å². The van der Waals surface area contributed by atoms with Crippen LogP contribution in [-0.4, -0.2) is 22.5 Å². The Hall–Kier alpha value is -1.37. The van der Waals surface area contributed by atoms with Crippen LogP contribution >= 0.6 is 15.9 Å². The van der Waals surface area contributed by atoms with Gasteiger partial charge < -0.3 is 9.72 Å². The maximum atomic E-state index is 11.4. The number of esters is 1. The summed E-state index contributed by atoms with van der Waals surface area (Å²) in [4.78, 5) is 37.9. The predicted molar refractivity (Wildman–Crippen MR) is 56.3 cm³/mol. The summed E-state index contributed by atoms with van der Waals surface area (Å²) >= 11 is 3.05. The quantitative estimate of drug-likeness (QED) is 0.607. The average molecular weight is 277 g/mol. The molecule has 0 aliphatic rings. The van der Waals surface area contributed by atoms with Crippen LogP contribution in [0.1, 0.15) is 23.0 Å². The molecular weight excluding hydrogens is 268 g/mol. The summed E-state index contributed by atoms with van der Waals surface area (Å²) < 4.78 is 4.70. The van der Waals surface area contributed by atoms with Crippen molar-refractivity contribution in [3.8, 4) is 0 Å². The summed E-state index contributed by atoms with van der Waals surface area (Å²) in [5, 5.41) is 0.160. The molecule has 0 saturated heterocycles. The lowest BCUT2D eigenvalue weighted by Gasteiger charge is -2.04. The molecule has 0 aliphatic heterocycles. The fourth-order valence-electron chi connectivity index (χ4n) is 1.02. The number of carbonyl (C=O) groups is 1. The van der Waals surface area contributed by atoms with Gasteiger partial charge in [-0.2, -0.15) is 0 Å². The summed E-state index contributed by atoms with van der Waals surface area (Å²) in [6.45, 7) is 1.81. The highest BCUT2D eigenvalue weighted by atomic mass is 79.9. The van der Waals surface area contributed by atoms with E-state index in [2.05, 4.69) is 20.9 Å². The monoisotopic (exact) mass is 276 g/mol. The van der Waals surface area contributed by atoms with E-state index < -0.39 is 17.2 Å². The average Bonchev–Trinajstić information content (AvgIpc) is 2.17. The molecule has 2 N–H and O–H groups in total. The third kappa shape index (κ3) is 2.56. The largest absolute Gasteiger partial charge is 0.461 e. The smallest absolute Gasteiger partial charge is 0.355 e. The number of H-pyrrole nitrogens is 2. The number of carbonyl (C=O) groups excluding carboxylic acids is 1. The highest BCUT2D eigenvalue weighted by molar-refractivity contribution is 9.08. The fourth-order valence-corrected chi connectivity index (χ4v) is 1.55. The normalized spacial score (nSPS) is 10.0. The molecule has 0 saturated carbocycles. The molecule has 1 rings (SSSR count). The second-order valence-corrected chi connectivity index (χ2v) is 3.18. The first-order chi connectivity index (χ1) is 7.10. The van der Waals surface area contributed by atoms with Gasteiger partial charge in [-0.3, -0.25) is 9.78 Å². The molecule has 0 unspecified atom stereocenters. The molecule has 82 valence electrons. The Labute approximate surface area is 92.8 Å². The Morgan fingerprint density at radius 2 is 2.07 bits per heavy atom. The van der Waals surface area contributed by atoms with Crippen molar-refractivity contribution in [2.75, 3.05) is 6.61 Å². The molecule has 1 heterocycles. The zero-order valence-corrected chi connectivity index (χ0v) is 9.51. The summed E-state index contributed by atoms with van der Waals surface area (Å²) in [6.07, 6.45) is 0. The molecule has 1 aromatic rings. The van der Waals surface area contributed by atoms with Crippen LogP contribution in [0.2, 0.25) is 0 Å².